The van der Waals surface area contributed by atoms with Crippen LogP contribution in [0.25, 0.3) is 22.3 Å². The molecule has 1 heterocycles. The number of hydrogen-bond donors (Lipinski definition) is 5. The van der Waals surface area contributed by atoms with Crippen LogP contribution >= 0.6 is 0 Å². The van der Waals surface area contributed by atoms with Gasteiger partial charge in [-0.25, -0.2) is 17.6 Å². The molecule has 1 unspecified atom stereocenters. The van der Waals surface area contributed by atoms with Crippen molar-refractivity contribution in [2.45, 2.75) is 13.0 Å². The molecule has 0 radical (unpaired) electrons. The number of carbonyl (C=O) groups excluding carboxylic acids is 1. The molecule has 2 aromatic carbocycles. The van der Waals surface area contributed by atoms with Crippen molar-refractivity contribution >= 4 is 38.7 Å². The van der Waals surface area contributed by atoms with Crippen LogP contribution in [-0.2, 0) is 10.0 Å². The fourth-order valence-corrected chi connectivity index (χ4v) is 4.27. The zero-order chi connectivity index (χ0) is 26.6. The molecule has 3 aromatic rings. The van der Waals surface area contributed by atoms with E-state index in [4.69, 9.17) is 9.52 Å². The van der Waals surface area contributed by atoms with E-state index in [9.17, 15) is 32.6 Å². The Bertz CT molecular complexity index is 1370. The summed E-state index contributed by atoms with van der Waals surface area (Å²) < 4.78 is 46.4. The molecular weight excluding hydrogens is 497 g/mol. The molecule has 0 saturated heterocycles. The Kier molecular flexibility index (Phi) is 8.17. The highest BCUT2D eigenvalue weighted by Crippen LogP contribution is 2.38. The minimum atomic E-state index is -3.83. The van der Waals surface area contributed by atoms with Crippen LogP contribution in [-0.4, -0.2) is 73.1 Å². The summed E-state index contributed by atoms with van der Waals surface area (Å²) >= 11 is 0. The van der Waals surface area contributed by atoms with Gasteiger partial charge in [0, 0.05) is 36.2 Å². The summed E-state index contributed by atoms with van der Waals surface area (Å²) in [5, 5.41) is 32.1. The Balaban J connectivity index is 2.26. The maximum Gasteiger partial charge on any atom is 0.407 e. The number of nitrogens with zero attached hydrogens (tertiary/aromatic N) is 1. The van der Waals surface area contributed by atoms with E-state index in [0.717, 1.165) is 4.90 Å². The highest BCUT2D eigenvalue weighted by Gasteiger charge is 2.27. The normalized spacial score (nSPS) is 12.4. The molecule has 0 aliphatic carbocycles. The van der Waals surface area contributed by atoms with Gasteiger partial charge in [-0.15, -0.1) is 0 Å². The molecule has 0 fully saturated rings. The maximum atomic E-state index is 13.5. The van der Waals surface area contributed by atoms with Gasteiger partial charge < -0.3 is 30.0 Å². The SMILES string of the molecule is CCS(=O)(=O)Nc1cc2oc(-c3ccc(F)cc3)c(C(=O)NC)c2cc1C(O)CN(CCO)C(=O)O. The van der Waals surface area contributed by atoms with Gasteiger partial charge >= 0.3 is 6.09 Å². The second-order valence-electron chi connectivity index (χ2n) is 7.80. The summed E-state index contributed by atoms with van der Waals surface area (Å²) in [6.45, 7) is 0.152. The van der Waals surface area contributed by atoms with Gasteiger partial charge in [-0.3, -0.25) is 9.52 Å². The van der Waals surface area contributed by atoms with Gasteiger partial charge in [0.2, 0.25) is 10.0 Å². The smallest absolute Gasteiger partial charge is 0.407 e. The number of amides is 2. The van der Waals surface area contributed by atoms with Crippen LogP contribution in [0.3, 0.4) is 0 Å². The number of hydrogen-bond acceptors (Lipinski definition) is 7. The van der Waals surface area contributed by atoms with Crippen molar-refractivity contribution in [2.75, 3.05) is 37.2 Å². The molecule has 11 nitrogen and oxygen atoms in total. The number of nitrogens with one attached hydrogen (secondary N) is 2. The molecule has 3 rings (SSSR count). The number of aliphatic hydroxyl groups excluding tert-OH is 2. The monoisotopic (exact) mass is 523 g/mol. The van der Waals surface area contributed by atoms with Crippen LogP contribution in [0.1, 0.15) is 28.9 Å². The Hall–Kier alpha value is -3.68. The summed E-state index contributed by atoms with van der Waals surface area (Å²) in [6.07, 6.45) is -2.93. The Morgan fingerprint density at radius 3 is 2.42 bits per heavy atom. The quantitative estimate of drug-likeness (QED) is 0.270. The summed E-state index contributed by atoms with van der Waals surface area (Å²) in [5.74, 6) is -1.24. The number of aliphatic hydroxyl groups is 2. The predicted molar refractivity (Wildman–Crippen MR) is 130 cm³/mol. The first-order valence-electron chi connectivity index (χ1n) is 10.9. The molecule has 2 amide bonds. The first-order valence-corrected chi connectivity index (χ1v) is 12.5. The zero-order valence-electron chi connectivity index (χ0n) is 19.5. The third kappa shape index (κ3) is 5.75. The average molecular weight is 524 g/mol. The molecular formula is C23H26FN3O8S. The largest absolute Gasteiger partial charge is 0.465 e. The summed E-state index contributed by atoms with van der Waals surface area (Å²) in [5.41, 5.74) is 0.449. The lowest BCUT2D eigenvalue weighted by atomic mass is 10.00. The number of anilines is 1. The van der Waals surface area contributed by atoms with Crippen molar-refractivity contribution in [3.05, 3.63) is 53.3 Å². The Morgan fingerprint density at radius 2 is 1.86 bits per heavy atom. The zero-order valence-corrected chi connectivity index (χ0v) is 20.3. The molecule has 0 bridgehead atoms. The van der Waals surface area contributed by atoms with Gasteiger partial charge in [-0.05, 0) is 37.3 Å². The molecule has 13 heteroatoms. The van der Waals surface area contributed by atoms with E-state index in [1.54, 1.807) is 0 Å². The van der Waals surface area contributed by atoms with E-state index in [1.165, 1.54) is 50.4 Å². The lowest BCUT2D eigenvalue weighted by Gasteiger charge is -2.23. The predicted octanol–water partition coefficient (Wildman–Crippen LogP) is 2.37. The highest BCUT2D eigenvalue weighted by molar-refractivity contribution is 7.92. The van der Waals surface area contributed by atoms with Crippen molar-refractivity contribution < 1.29 is 42.1 Å². The molecule has 1 aromatic heterocycles. The number of carbonyl (C=O) groups is 2. The average Bonchev–Trinajstić information content (AvgIpc) is 3.21. The van der Waals surface area contributed by atoms with E-state index in [0.29, 0.717) is 5.56 Å². The molecule has 0 aliphatic heterocycles. The first-order chi connectivity index (χ1) is 17.0. The summed E-state index contributed by atoms with van der Waals surface area (Å²) in [7, 11) is -2.43. The third-order valence-corrected chi connectivity index (χ3v) is 6.75. The molecule has 36 heavy (non-hydrogen) atoms. The van der Waals surface area contributed by atoms with Gasteiger partial charge in [0.25, 0.3) is 5.91 Å². The lowest BCUT2D eigenvalue weighted by Crippen LogP contribution is -2.36. The lowest BCUT2D eigenvalue weighted by molar-refractivity contribution is 0.0875. The fourth-order valence-electron chi connectivity index (χ4n) is 3.61. The number of benzene rings is 2. The van der Waals surface area contributed by atoms with Crippen molar-refractivity contribution in [3.63, 3.8) is 0 Å². The van der Waals surface area contributed by atoms with Crippen LogP contribution < -0.4 is 10.0 Å². The third-order valence-electron chi connectivity index (χ3n) is 5.46. The number of halogens is 1. The van der Waals surface area contributed by atoms with E-state index < -0.39 is 47.1 Å². The number of furan rings is 1. The standard InChI is InChI=1S/C23H26FN3O8S/c1-3-36(33,34)26-17-11-19-16(10-15(17)18(29)12-27(8-9-28)23(31)32)20(22(30)25-2)21(35-19)13-4-6-14(24)7-5-13/h4-7,10-11,18,26,28-29H,3,8-9,12H2,1-2H3,(H,25,30)(H,31,32). The van der Waals surface area contributed by atoms with Crippen LogP contribution in [0.15, 0.2) is 40.8 Å². The van der Waals surface area contributed by atoms with E-state index in [1.807, 2.05) is 0 Å². The minimum Gasteiger partial charge on any atom is -0.465 e. The molecule has 5 N–H and O–H groups in total. The molecule has 0 aliphatic rings. The fraction of sp³-hybridized carbons (Fsp3) is 0.304. The number of rotatable bonds is 10. The van der Waals surface area contributed by atoms with Gasteiger partial charge in [0.05, 0.1) is 36.3 Å². The second-order valence-corrected chi connectivity index (χ2v) is 9.81. The van der Waals surface area contributed by atoms with Crippen LogP contribution in [0, 0.1) is 5.82 Å². The molecule has 194 valence electrons. The van der Waals surface area contributed by atoms with Crippen LogP contribution in [0.2, 0.25) is 0 Å². The van der Waals surface area contributed by atoms with Crippen LogP contribution in [0.5, 0.6) is 0 Å². The molecule has 0 spiro atoms. The number of fused-ring (bicyclic) bond motifs is 1. The van der Waals surface area contributed by atoms with Gasteiger partial charge in [-0.1, -0.05) is 0 Å². The topological polar surface area (TPSA) is 169 Å². The van der Waals surface area contributed by atoms with Gasteiger partial charge in [-0.2, -0.15) is 0 Å². The first kappa shape index (κ1) is 26.9. The number of sulfonamides is 1. The minimum absolute atomic E-state index is 0.0136. The van der Waals surface area contributed by atoms with Crippen LogP contribution in [0.4, 0.5) is 14.9 Å². The highest BCUT2D eigenvalue weighted by atomic mass is 32.2. The maximum absolute atomic E-state index is 13.5. The number of carboxylic acid groups (broad SMARTS) is 1. The van der Waals surface area contributed by atoms with Crippen molar-refractivity contribution in [1.82, 2.24) is 10.2 Å². The molecule has 0 saturated carbocycles. The Labute approximate surface area is 206 Å². The van der Waals surface area contributed by atoms with E-state index >= 15 is 0 Å². The van der Waals surface area contributed by atoms with Gasteiger partial charge in [0.1, 0.15) is 17.2 Å². The van der Waals surface area contributed by atoms with Crippen molar-refractivity contribution in [3.8, 4) is 11.3 Å². The van der Waals surface area contributed by atoms with Gasteiger partial charge in [0.15, 0.2) is 0 Å². The summed E-state index contributed by atoms with van der Waals surface area (Å²) in [6, 6.07) is 7.83. The summed E-state index contributed by atoms with van der Waals surface area (Å²) in [4.78, 5) is 25.1. The Morgan fingerprint density at radius 1 is 1.19 bits per heavy atom. The van der Waals surface area contributed by atoms with Crippen molar-refractivity contribution in [1.29, 1.82) is 0 Å². The molecule has 1 atom stereocenters. The second kappa shape index (κ2) is 10.9. The van der Waals surface area contributed by atoms with Crippen molar-refractivity contribution in [2.24, 2.45) is 0 Å². The van der Waals surface area contributed by atoms with E-state index in [-0.39, 0.29) is 45.8 Å². The van der Waals surface area contributed by atoms with E-state index in [2.05, 4.69) is 10.0 Å².